The zero-order valence-electron chi connectivity index (χ0n) is 9.35. The molecule has 0 aliphatic heterocycles. The van der Waals surface area contributed by atoms with Gasteiger partial charge in [0.2, 0.25) is 5.88 Å². The second kappa shape index (κ2) is 5.14. The predicted octanol–water partition coefficient (Wildman–Crippen LogP) is 3.18. The third-order valence-electron chi connectivity index (χ3n) is 2.34. The molecule has 0 spiro atoms. The van der Waals surface area contributed by atoms with Crippen LogP contribution in [-0.2, 0) is 6.42 Å². The fourth-order valence-corrected chi connectivity index (χ4v) is 1.83. The number of aromatic nitrogens is 2. The average Bonchev–Trinajstić information content (AvgIpc) is 2.32. The Bertz CT molecular complexity index is 531. The Morgan fingerprint density at radius 2 is 2.06 bits per heavy atom. The van der Waals surface area contributed by atoms with Crippen LogP contribution in [-0.4, -0.2) is 9.97 Å². The van der Waals surface area contributed by atoms with E-state index in [2.05, 4.69) is 25.9 Å². The lowest BCUT2D eigenvalue weighted by Crippen LogP contribution is -2.01. The van der Waals surface area contributed by atoms with Gasteiger partial charge < -0.3 is 10.5 Å². The highest BCUT2D eigenvalue weighted by Crippen LogP contribution is 2.31. The number of anilines is 1. The maximum Gasteiger partial charge on any atom is 0.227 e. The Morgan fingerprint density at radius 1 is 1.29 bits per heavy atom. The molecule has 0 aliphatic carbocycles. The molecule has 2 aromatic rings. The molecule has 0 unspecified atom stereocenters. The van der Waals surface area contributed by atoms with Gasteiger partial charge in [-0.15, -0.1) is 0 Å². The van der Waals surface area contributed by atoms with E-state index in [9.17, 15) is 0 Å². The Balaban J connectivity index is 2.37. The first-order valence-electron chi connectivity index (χ1n) is 5.24. The maximum atomic E-state index is 5.78. The van der Waals surface area contributed by atoms with Gasteiger partial charge in [0, 0.05) is 0 Å². The topological polar surface area (TPSA) is 61.0 Å². The van der Waals surface area contributed by atoms with E-state index in [1.165, 1.54) is 6.33 Å². The molecular weight excluding hydrogens is 282 g/mol. The van der Waals surface area contributed by atoms with Gasteiger partial charge in [-0.05, 0) is 34.5 Å². The van der Waals surface area contributed by atoms with E-state index >= 15 is 0 Å². The minimum Gasteiger partial charge on any atom is -0.437 e. The molecule has 0 bridgehead atoms. The molecule has 17 heavy (non-hydrogen) atoms. The van der Waals surface area contributed by atoms with Crippen LogP contribution in [0.4, 0.5) is 5.82 Å². The van der Waals surface area contributed by atoms with Crippen molar-refractivity contribution in [3.8, 4) is 11.6 Å². The molecule has 0 fully saturated rings. The fourth-order valence-electron chi connectivity index (χ4n) is 1.46. The molecule has 0 aliphatic rings. The van der Waals surface area contributed by atoms with Crippen molar-refractivity contribution in [3.05, 3.63) is 40.6 Å². The van der Waals surface area contributed by atoms with Crippen molar-refractivity contribution in [2.45, 2.75) is 13.3 Å². The zero-order valence-corrected chi connectivity index (χ0v) is 10.9. The fraction of sp³-hybridized carbons (Fsp3) is 0.167. The molecule has 0 amide bonds. The van der Waals surface area contributed by atoms with Gasteiger partial charge in [0.15, 0.2) is 0 Å². The van der Waals surface area contributed by atoms with Gasteiger partial charge >= 0.3 is 0 Å². The van der Waals surface area contributed by atoms with Gasteiger partial charge in [-0.2, -0.15) is 0 Å². The van der Waals surface area contributed by atoms with Crippen LogP contribution in [0, 0.1) is 0 Å². The first-order valence-corrected chi connectivity index (χ1v) is 6.03. The van der Waals surface area contributed by atoms with Gasteiger partial charge in [-0.1, -0.05) is 19.1 Å². The number of hydrogen-bond acceptors (Lipinski definition) is 4. The lowest BCUT2D eigenvalue weighted by Gasteiger charge is -2.10. The van der Waals surface area contributed by atoms with E-state index in [4.69, 9.17) is 10.5 Å². The molecular formula is C12H12BrN3O. The molecule has 1 aromatic heterocycles. The Kier molecular flexibility index (Phi) is 3.58. The molecule has 0 saturated heterocycles. The molecule has 2 rings (SSSR count). The minimum absolute atomic E-state index is 0.463. The summed E-state index contributed by atoms with van der Waals surface area (Å²) in [6.45, 7) is 1.99. The van der Waals surface area contributed by atoms with Crippen LogP contribution in [0.15, 0.2) is 35.1 Å². The van der Waals surface area contributed by atoms with Crippen molar-refractivity contribution in [3.63, 3.8) is 0 Å². The molecule has 5 heteroatoms. The molecule has 88 valence electrons. The van der Waals surface area contributed by atoms with Crippen LogP contribution in [0.25, 0.3) is 0 Å². The van der Waals surface area contributed by atoms with E-state index in [0.29, 0.717) is 17.4 Å². The third kappa shape index (κ3) is 2.55. The number of nitrogen functional groups attached to an aromatic ring is 1. The summed E-state index contributed by atoms with van der Waals surface area (Å²) in [6, 6.07) is 7.59. The van der Waals surface area contributed by atoms with E-state index in [1.807, 2.05) is 31.2 Å². The summed E-state index contributed by atoms with van der Waals surface area (Å²) in [5.74, 6) is 1.68. The summed E-state index contributed by atoms with van der Waals surface area (Å²) in [5.41, 5.74) is 6.60. The van der Waals surface area contributed by atoms with Crippen molar-refractivity contribution >= 4 is 21.7 Å². The van der Waals surface area contributed by atoms with Crippen LogP contribution in [0.3, 0.4) is 0 Å². The molecule has 1 heterocycles. The highest BCUT2D eigenvalue weighted by atomic mass is 79.9. The van der Waals surface area contributed by atoms with Crippen molar-refractivity contribution in [1.82, 2.24) is 9.97 Å². The van der Waals surface area contributed by atoms with Crippen LogP contribution in [0.1, 0.15) is 12.5 Å². The zero-order chi connectivity index (χ0) is 12.3. The van der Waals surface area contributed by atoms with Crippen molar-refractivity contribution in [2.75, 3.05) is 5.73 Å². The lowest BCUT2D eigenvalue weighted by molar-refractivity contribution is 0.453. The van der Waals surface area contributed by atoms with E-state index in [0.717, 1.165) is 16.5 Å². The van der Waals surface area contributed by atoms with Crippen molar-refractivity contribution in [2.24, 2.45) is 0 Å². The van der Waals surface area contributed by atoms with Crippen LogP contribution in [0.5, 0.6) is 11.6 Å². The smallest absolute Gasteiger partial charge is 0.227 e. The molecule has 1 aromatic carbocycles. The van der Waals surface area contributed by atoms with Gasteiger partial charge in [0.25, 0.3) is 0 Å². The van der Waals surface area contributed by atoms with E-state index in [-0.39, 0.29) is 0 Å². The number of rotatable bonds is 3. The number of ether oxygens (including phenoxy) is 1. The van der Waals surface area contributed by atoms with Crippen molar-refractivity contribution in [1.29, 1.82) is 0 Å². The Labute approximate surface area is 108 Å². The monoisotopic (exact) mass is 293 g/mol. The minimum atomic E-state index is 0.463. The standard InChI is InChI=1S/C12H12BrN3O/c1-2-8-11(14)15-7-16-12(8)17-10-6-4-3-5-9(10)13/h3-7H,2H2,1H3,(H2,14,15,16). The van der Waals surface area contributed by atoms with Crippen molar-refractivity contribution < 1.29 is 4.74 Å². The number of benzene rings is 1. The molecule has 4 nitrogen and oxygen atoms in total. The number of halogens is 1. The number of hydrogen-bond donors (Lipinski definition) is 1. The summed E-state index contributed by atoms with van der Waals surface area (Å²) >= 11 is 3.42. The average molecular weight is 294 g/mol. The van der Waals surface area contributed by atoms with Gasteiger partial charge in [0.05, 0.1) is 10.0 Å². The summed E-state index contributed by atoms with van der Waals surface area (Å²) in [6.07, 6.45) is 2.13. The number of nitrogens with zero attached hydrogens (tertiary/aromatic N) is 2. The first-order chi connectivity index (χ1) is 8.22. The molecule has 0 saturated carbocycles. The van der Waals surface area contributed by atoms with Gasteiger partial charge in [-0.25, -0.2) is 9.97 Å². The quantitative estimate of drug-likeness (QED) is 0.944. The Morgan fingerprint density at radius 3 is 2.76 bits per heavy atom. The van der Waals surface area contributed by atoms with Gasteiger partial charge in [0.1, 0.15) is 17.9 Å². The second-order valence-electron chi connectivity index (χ2n) is 3.43. The third-order valence-corrected chi connectivity index (χ3v) is 2.99. The summed E-state index contributed by atoms with van der Waals surface area (Å²) in [4.78, 5) is 8.06. The SMILES string of the molecule is CCc1c(N)ncnc1Oc1ccccc1Br. The highest BCUT2D eigenvalue weighted by molar-refractivity contribution is 9.10. The van der Waals surface area contributed by atoms with E-state index < -0.39 is 0 Å². The highest BCUT2D eigenvalue weighted by Gasteiger charge is 2.10. The molecule has 0 radical (unpaired) electrons. The molecule has 2 N–H and O–H groups in total. The second-order valence-corrected chi connectivity index (χ2v) is 4.28. The van der Waals surface area contributed by atoms with Crippen LogP contribution < -0.4 is 10.5 Å². The normalized spacial score (nSPS) is 10.2. The maximum absolute atomic E-state index is 5.78. The molecule has 0 atom stereocenters. The summed E-state index contributed by atoms with van der Waals surface area (Å²) in [7, 11) is 0. The Hall–Kier alpha value is -1.62. The lowest BCUT2D eigenvalue weighted by atomic mass is 10.2. The van der Waals surface area contributed by atoms with Gasteiger partial charge in [-0.3, -0.25) is 0 Å². The number of nitrogens with two attached hydrogens (primary N) is 1. The van der Waals surface area contributed by atoms with Crippen LogP contribution in [0.2, 0.25) is 0 Å². The number of para-hydroxylation sites is 1. The largest absolute Gasteiger partial charge is 0.437 e. The first kappa shape index (κ1) is 11.9. The summed E-state index contributed by atoms with van der Waals surface area (Å²) in [5, 5.41) is 0. The van der Waals surface area contributed by atoms with E-state index in [1.54, 1.807) is 0 Å². The predicted molar refractivity (Wildman–Crippen MR) is 70.0 cm³/mol. The van der Waals surface area contributed by atoms with Crippen LogP contribution >= 0.6 is 15.9 Å². The summed E-state index contributed by atoms with van der Waals surface area (Å²) < 4.78 is 6.61.